The summed E-state index contributed by atoms with van der Waals surface area (Å²) in [5.74, 6) is 1.67. The van der Waals surface area contributed by atoms with E-state index in [2.05, 4.69) is 48.5 Å². The molecular formula is C18H28N2. The van der Waals surface area contributed by atoms with E-state index >= 15 is 0 Å². The third kappa shape index (κ3) is 3.62. The Morgan fingerprint density at radius 2 is 1.90 bits per heavy atom. The average Bonchev–Trinajstić information content (AvgIpc) is 3.29. The van der Waals surface area contributed by atoms with Crippen molar-refractivity contribution in [3.63, 3.8) is 0 Å². The van der Waals surface area contributed by atoms with Crippen LogP contribution in [0, 0.1) is 5.92 Å². The fourth-order valence-corrected chi connectivity index (χ4v) is 3.39. The number of aryl methyl sites for hydroxylation is 1. The lowest BCUT2D eigenvalue weighted by Gasteiger charge is -2.36. The Morgan fingerprint density at radius 3 is 2.55 bits per heavy atom. The third-order valence-corrected chi connectivity index (χ3v) is 4.88. The smallest absolute Gasteiger partial charge is 0.0201 e. The maximum Gasteiger partial charge on any atom is 0.0201 e. The van der Waals surface area contributed by atoms with Crippen molar-refractivity contribution in [3.05, 3.63) is 35.4 Å². The molecule has 1 saturated heterocycles. The van der Waals surface area contributed by atoms with Crippen LogP contribution in [-0.4, -0.2) is 37.6 Å². The Bertz CT molecular complexity index is 422. The maximum absolute atomic E-state index is 3.79. The first-order valence-electron chi connectivity index (χ1n) is 8.25. The van der Waals surface area contributed by atoms with E-state index in [0.29, 0.717) is 12.0 Å². The number of nitrogens with zero attached hydrogens (tertiary/aromatic N) is 1. The van der Waals surface area contributed by atoms with E-state index in [1.54, 1.807) is 0 Å². The van der Waals surface area contributed by atoms with Gasteiger partial charge in [0.15, 0.2) is 0 Å². The van der Waals surface area contributed by atoms with Crippen LogP contribution in [-0.2, 0) is 6.42 Å². The molecule has 0 aromatic heterocycles. The molecular weight excluding hydrogens is 244 g/mol. The largest absolute Gasteiger partial charge is 0.312 e. The van der Waals surface area contributed by atoms with E-state index in [-0.39, 0.29) is 0 Å². The van der Waals surface area contributed by atoms with E-state index in [1.807, 2.05) is 0 Å². The zero-order chi connectivity index (χ0) is 13.9. The lowest BCUT2D eigenvalue weighted by Crippen LogP contribution is -2.47. The summed E-state index contributed by atoms with van der Waals surface area (Å²) >= 11 is 0. The molecule has 1 aliphatic carbocycles. The Labute approximate surface area is 123 Å². The molecule has 1 N–H and O–H groups in total. The molecule has 2 fully saturated rings. The topological polar surface area (TPSA) is 15.3 Å². The molecule has 3 rings (SSSR count). The predicted octanol–water partition coefficient (Wildman–Crippen LogP) is 3.04. The molecule has 110 valence electrons. The number of benzene rings is 1. The summed E-state index contributed by atoms with van der Waals surface area (Å²) in [5, 5.41) is 3.79. The molecule has 2 heteroatoms. The lowest BCUT2D eigenvalue weighted by molar-refractivity contribution is 0.204. The highest BCUT2D eigenvalue weighted by Gasteiger charge is 2.28. The molecule has 2 nitrogen and oxygen atoms in total. The monoisotopic (exact) mass is 272 g/mol. The van der Waals surface area contributed by atoms with E-state index in [4.69, 9.17) is 0 Å². The van der Waals surface area contributed by atoms with Gasteiger partial charge in [0.25, 0.3) is 0 Å². The molecule has 1 aliphatic heterocycles. The van der Waals surface area contributed by atoms with Gasteiger partial charge in [0.1, 0.15) is 0 Å². The highest BCUT2D eigenvalue weighted by atomic mass is 15.1. The Balaban J connectivity index is 1.61. The molecule has 0 radical (unpaired) electrons. The van der Waals surface area contributed by atoms with Gasteiger partial charge in [-0.05, 0) is 62.2 Å². The van der Waals surface area contributed by atoms with Crippen LogP contribution in [0.3, 0.4) is 0 Å². The quantitative estimate of drug-likeness (QED) is 0.886. The second-order valence-corrected chi connectivity index (χ2v) is 6.80. The molecule has 1 aromatic rings. The highest BCUT2D eigenvalue weighted by Crippen LogP contribution is 2.30. The number of hydrogen-bond donors (Lipinski definition) is 1. The number of likely N-dealkylation sites (N-methyl/N-ethyl adjacent to an activating group) is 1. The SMILES string of the molecule is CCc1ccc(C2CC(NCC3CC3)CN(C)C2)cc1. The van der Waals surface area contributed by atoms with Gasteiger partial charge in [0.05, 0.1) is 0 Å². The van der Waals surface area contributed by atoms with Crippen LogP contribution in [0.4, 0.5) is 0 Å². The molecule has 0 amide bonds. The molecule has 1 aromatic carbocycles. The Hall–Kier alpha value is -0.860. The van der Waals surface area contributed by atoms with Crippen LogP contribution in [0.5, 0.6) is 0 Å². The zero-order valence-electron chi connectivity index (χ0n) is 12.9. The van der Waals surface area contributed by atoms with Crippen molar-refractivity contribution in [2.24, 2.45) is 5.92 Å². The predicted molar refractivity (Wildman–Crippen MR) is 85.2 cm³/mol. The molecule has 2 aliphatic rings. The summed E-state index contributed by atoms with van der Waals surface area (Å²) in [6.45, 7) is 5.87. The zero-order valence-corrected chi connectivity index (χ0v) is 12.9. The van der Waals surface area contributed by atoms with Crippen molar-refractivity contribution >= 4 is 0 Å². The summed E-state index contributed by atoms with van der Waals surface area (Å²) in [6, 6.07) is 9.97. The van der Waals surface area contributed by atoms with Crippen molar-refractivity contribution < 1.29 is 0 Å². The maximum atomic E-state index is 3.79. The molecule has 0 spiro atoms. The fraction of sp³-hybridized carbons (Fsp3) is 0.667. The van der Waals surface area contributed by atoms with Crippen LogP contribution < -0.4 is 5.32 Å². The third-order valence-electron chi connectivity index (χ3n) is 4.88. The van der Waals surface area contributed by atoms with Gasteiger partial charge in [-0.1, -0.05) is 31.2 Å². The normalized spacial score (nSPS) is 27.7. The van der Waals surface area contributed by atoms with Crippen LogP contribution in [0.1, 0.15) is 43.2 Å². The van der Waals surface area contributed by atoms with Crippen molar-refractivity contribution in [2.75, 3.05) is 26.7 Å². The first kappa shape index (κ1) is 14.1. The fourth-order valence-electron chi connectivity index (χ4n) is 3.39. The van der Waals surface area contributed by atoms with E-state index in [9.17, 15) is 0 Å². The number of piperidine rings is 1. The average molecular weight is 272 g/mol. The van der Waals surface area contributed by atoms with Crippen LogP contribution in [0.25, 0.3) is 0 Å². The summed E-state index contributed by atoms with van der Waals surface area (Å²) < 4.78 is 0. The minimum Gasteiger partial charge on any atom is -0.312 e. The highest BCUT2D eigenvalue weighted by molar-refractivity contribution is 5.26. The van der Waals surface area contributed by atoms with Crippen molar-refractivity contribution in [1.29, 1.82) is 0 Å². The molecule has 1 saturated carbocycles. The summed E-state index contributed by atoms with van der Waals surface area (Å²) in [7, 11) is 2.26. The summed E-state index contributed by atoms with van der Waals surface area (Å²) in [4.78, 5) is 2.49. The number of hydrogen-bond acceptors (Lipinski definition) is 2. The van der Waals surface area contributed by atoms with Crippen molar-refractivity contribution in [2.45, 2.75) is 44.6 Å². The van der Waals surface area contributed by atoms with Gasteiger partial charge in [0, 0.05) is 19.1 Å². The minimum atomic E-state index is 0.671. The Kier molecular flexibility index (Phi) is 4.42. The minimum absolute atomic E-state index is 0.671. The van der Waals surface area contributed by atoms with Gasteiger partial charge in [-0.2, -0.15) is 0 Å². The standard InChI is InChI=1S/C18H28N2/c1-3-14-6-8-16(9-7-14)17-10-18(13-20(2)12-17)19-11-15-4-5-15/h6-9,15,17-19H,3-5,10-13H2,1-2H3. The van der Waals surface area contributed by atoms with E-state index in [0.717, 1.165) is 12.3 Å². The number of likely N-dealkylation sites (tertiary alicyclic amines) is 1. The summed E-state index contributed by atoms with van der Waals surface area (Å²) in [6.07, 6.45) is 5.31. The van der Waals surface area contributed by atoms with Gasteiger partial charge in [0.2, 0.25) is 0 Å². The number of nitrogens with one attached hydrogen (secondary N) is 1. The lowest BCUT2D eigenvalue weighted by atomic mass is 9.87. The number of rotatable bonds is 5. The second-order valence-electron chi connectivity index (χ2n) is 6.80. The van der Waals surface area contributed by atoms with Crippen LogP contribution >= 0.6 is 0 Å². The molecule has 0 bridgehead atoms. The second kappa shape index (κ2) is 6.28. The van der Waals surface area contributed by atoms with E-state index in [1.165, 1.54) is 50.0 Å². The Morgan fingerprint density at radius 1 is 1.15 bits per heavy atom. The summed E-state index contributed by atoms with van der Waals surface area (Å²) in [5.41, 5.74) is 2.97. The van der Waals surface area contributed by atoms with Crippen LogP contribution in [0.2, 0.25) is 0 Å². The molecule has 1 heterocycles. The van der Waals surface area contributed by atoms with E-state index < -0.39 is 0 Å². The van der Waals surface area contributed by atoms with Gasteiger partial charge in [-0.3, -0.25) is 0 Å². The molecule has 2 unspecified atom stereocenters. The van der Waals surface area contributed by atoms with Gasteiger partial charge in [-0.15, -0.1) is 0 Å². The van der Waals surface area contributed by atoms with Gasteiger partial charge >= 0.3 is 0 Å². The van der Waals surface area contributed by atoms with Crippen molar-refractivity contribution in [3.8, 4) is 0 Å². The molecule has 2 atom stereocenters. The van der Waals surface area contributed by atoms with Crippen LogP contribution in [0.15, 0.2) is 24.3 Å². The first-order valence-corrected chi connectivity index (χ1v) is 8.25. The van der Waals surface area contributed by atoms with Crippen molar-refractivity contribution in [1.82, 2.24) is 10.2 Å². The molecule has 20 heavy (non-hydrogen) atoms. The van der Waals surface area contributed by atoms with Gasteiger partial charge in [-0.25, -0.2) is 0 Å². The van der Waals surface area contributed by atoms with Gasteiger partial charge < -0.3 is 10.2 Å². The first-order chi connectivity index (χ1) is 9.74.